The summed E-state index contributed by atoms with van der Waals surface area (Å²) in [5, 5.41) is 14.5. The molecule has 3 heteroatoms. The third-order valence-electron chi connectivity index (χ3n) is 15.2. The maximum atomic E-state index is 4.22. The van der Waals surface area contributed by atoms with Gasteiger partial charge in [-0.15, -0.1) is 11.3 Å². The number of rotatable bonds is 6. The van der Waals surface area contributed by atoms with Gasteiger partial charge < -0.3 is 9.88 Å². The van der Waals surface area contributed by atoms with Crippen LogP contribution >= 0.6 is 11.3 Å². The summed E-state index contributed by atoms with van der Waals surface area (Å²) >= 11 is 1.95. The standard InChI is InChI=1S/C67H52N2S/c1-43-44(2)65(50-35-31-48(32-36-50)46-19-7-4-8-20-46)68-61(49-33-29-47(30-34-49)45-17-5-3-6-18-45)27-15-13-25-55(43)57-37-38-58-60-40-52-22-10-12-24-54(52)42-64(60)70-67(58)66(57)69-62-28-16-14-26-56(62)59-39-51-21-9-11-23-53(51)41-63(59)69/h3-12,14,16-24,26-42,44,65,68H,13,15,25H2,1-2H3/b55-43+,61-27-. The molecule has 0 spiro atoms. The molecule has 2 aromatic heterocycles. The van der Waals surface area contributed by atoms with E-state index in [9.17, 15) is 0 Å². The summed E-state index contributed by atoms with van der Waals surface area (Å²) in [7, 11) is 0. The molecule has 0 saturated carbocycles. The molecule has 0 bridgehead atoms. The molecule has 0 aliphatic carbocycles. The van der Waals surface area contributed by atoms with E-state index >= 15 is 0 Å². The summed E-state index contributed by atoms with van der Waals surface area (Å²) in [6.45, 7) is 4.88. The molecule has 0 fully saturated rings. The van der Waals surface area contributed by atoms with Gasteiger partial charge in [0.25, 0.3) is 0 Å². The topological polar surface area (TPSA) is 17.0 Å². The lowest BCUT2D eigenvalue weighted by Gasteiger charge is -2.32. The van der Waals surface area contributed by atoms with E-state index in [0.29, 0.717) is 0 Å². The molecule has 336 valence electrons. The van der Waals surface area contributed by atoms with Crippen molar-refractivity contribution in [1.29, 1.82) is 0 Å². The fraction of sp³-hybridized carbons (Fsp3) is 0.104. The molecule has 13 rings (SSSR count). The minimum Gasteiger partial charge on any atom is -0.377 e. The summed E-state index contributed by atoms with van der Waals surface area (Å²) in [6.07, 6.45) is 5.39. The number of para-hydroxylation sites is 1. The molecule has 0 amide bonds. The number of thiophene rings is 1. The van der Waals surface area contributed by atoms with Crippen LogP contribution < -0.4 is 5.32 Å². The summed E-state index contributed by atoms with van der Waals surface area (Å²) in [6, 6.07) is 81.2. The van der Waals surface area contributed by atoms with E-state index in [1.807, 2.05) is 11.3 Å². The number of aromatic nitrogens is 1. The van der Waals surface area contributed by atoms with E-state index in [2.05, 4.69) is 248 Å². The first-order chi connectivity index (χ1) is 34.5. The fourth-order valence-corrected chi connectivity index (χ4v) is 12.6. The fourth-order valence-electron chi connectivity index (χ4n) is 11.4. The summed E-state index contributed by atoms with van der Waals surface area (Å²) in [4.78, 5) is 0. The van der Waals surface area contributed by atoms with E-state index in [-0.39, 0.29) is 12.0 Å². The minimum absolute atomic E-state index is 0.00140. The minimum atomic E-state index is 0.00140. The van der Waals surface area contributed by atoms with E-state index < -0.39 is 0 Å². The Balaban J connectivity index is 1.02. The van der Waals surface area contributed by atoms with Crippen LogP contribution in [0, 0.1) is 5.92 Å². The van der Waals surface area contributed by atoms with Gasteiger partial charge in [-0.05, 0) is 117 Å². The zero-order valence-corrected chi connectivity index (χ0v) is 40.3. The Hall–Kier alpha value is -7.98. The van der Waals surface area contributed by atoms with E-state index in [1.165, 1.54) is 125 Å². The molecule has 3 heterocycles. The van der Waals surface area contributed by atoms with E-state index in [0.717, 1.165) is 19.3 Å². The first-order valence-electron chi connectivity index (χ1n) is 24.8. The van der Waals surface area contributed by atoms with Gasteiger partial charge in [0.15, 0.2) is 0 Å². The molecule has 0 saturated heterocycles. The van der Waals surface area contributed by atoms with Crippen LogP contribution in [0.15, 0.2) is 230 Å². The van der Waals surface area contributed by atoms with Gasteiger partial charge >= 0.3 is 0 Å². The second-order valence-corrected chi connectivity index (χ2v) is 20.3. The van der Waals surface area contributed by atoms with Crippen molar-refractivity contribution in [2.75, 3.05) is 0 Å². The van der Waals surface area contributed by atoms with Crippen molar-refractivity contribution in [3.63, 3.8) is 0 Å². The number of allylic oxidation sites excluding steroid dienone is 2. The van der Waals surface area contributed by atoms with Crippen molar-refractivity contribution >= 4 is 86.1 Å². The third-order valence-corrected chi connectivity index (χ3v) is 16.4. The highest BCUT2D eigenvalue weighted by Gasteiger charge is 2.28. The summed E-state index contributed by atoms with van der Waals surface area (Å²) in [5.74, 6) is 0.140. The van der Waals surface area contributed by atoms with Crippen LogP contribution in [0.25, 0.3) is 103 Å². The van der Waals surface area contributed by atoms with Crippen LogP contribution in [0.4, 0.5) is 0 Å². The van der Waals surface area contributed by atoms with Gasteiger partial charge in [0.1, 0.15) is 0 Å². The molecule has 12 aromatic rings. The second kappa shape index (κ2) is 17.5. The van der Waals surface area contributed by atoms with Crippen molar-refractivity contribution < 1.29 is 0 Å². The number of fused-ring (bicyclic) bond motifs is 8. The zero-order valence-electron chi connectivity index (χ0n) is 39.5. The third kappa shape index (κ3) is 7.32. The molecule has 1 aliphatic rings. The van der Waals surface area contributed by atoms with Gasteiger partial charge in [0.05, 0.1) is 27.5 Å². The predicted octanol–water partition coefficient (Wildman–Crippen LogP) is 18.8. The van der Waals surface area contributed by atoms with Gasteiger partial charge in [0.2, 0.25) is 0 Å². The molecule has 2 unspecified atom stereocenters. The summed E-state index contributed by atoms with van der Waals surface area (Å²) < 4.78 is 5.28. The SMILES string of the molecule is C/C1=C(\c2ccc3c(sc4cc5ccccc5cc43)c2-n2c3ccccc3c3cc4ccccc4cc32)CCC/C=C(/c2ccc(-c3ccccc3)cc2)NC(c2ccc(-c3ccccc3)cc2)C1C. The Morgan fingerprint density at radius 3 is 1.73 bits per heavy atom. The van der Waals surface area contributed by atoms with Crippen LogP contribution in [0.3, 0.4) is 0 Å². The lowest BCUT2D eigenvalue weighted by atomic mass is 9.81. The van der Waals surface area contributed by atoms with Crippen molar-refractivity contribution in [3.8, 4) is 27.9 Å². The molecule has 2 nitrogen and oxygen atoms in total. The normalized spacial score (nSPS) is 17.6. The van der Waals surface area contributed by atoms with Crippen molar-refractivity contribution in [1.82, 2.24) is 9.88 Å². The number of nitrogens with one attached hydrogen (secondary N) is 1. The molecule has 10 aromatic carbocycles. The smallest absolute Gasteiger partial charge is 0.0715 e. The van der Waals surface area contributed by atoms with Crippen LogP contribution in [0.5, 0.6) is 0 Å². The highest BCUT2D eigenvalue weighted by atomic mass is 32.1. The number of nitrogens with zero attached hydrogens (tertiary/aromatic N) is 1. The highest BCUT2D eigenvalue weighted by molar-refractivity contribution is 7.26. The van der Waals surface area contributed by atoms with E-state index in [1.54, 1.807) is 0 Å². The first kappa shape index (κ1) is 42.1. The van der Waals surface area contributed by atoms with Crippen LogP contribution in [-0.4, -0.2) is 4.57 Å². The highest BCUT2D eigenvalue weighted by Crippen LogP contribution is 2.48. The van der Waals surface area contributed by atoms with Crippen molar-refractivity contribution in [2.45, 2.75) is 39.2 Å². The van der Waals surface area contributed by atoms with Gasteiger partial charge in [0, 0.05) is 43.4 Å². The van der Waals surface area contributed by atoms with Crippen LogP contribution in [-0.2, 0) is 0 Å². The zero-order chi connectivity index (χ0) is 46.7. The van der Waals surface area contributed by atoms with Crippen LogP contribution in [0.2, 0.25) is 0 Å². The van der Waals surface area contributed by atoms with Gasteiger partial charge in [-0.25, -0.2) is 0 Å². The van der Waals surface area contributed by atoms with Gasteiger partial charge in [-0.2, -0.15) is 0 Å². The quantitative estimate of drug-likeness (QED) is 0.176. The monoisotopic (exact) mass is 916 g/mol. The second-order valence-electron chi connectivity index (χ2n) is 19.2. The average Bonchev–Trinajstić information content (AvgIpc) is 3.94. The van der Waals surface area contributed by atoms with Crippen molar-refractivity contribution in [3.05, 3.63) is 247 Å². The van der Waals surface area contributed by atoms with Crippen molar-refractivity contribution in [2.24, 2.45) is 5.92 Å². The average molecular weight is 917 g/mol. The van der Waals surface area contributed by atoms with Crippen LogP contribution in [0.1, 0.15) is 55.8 Å². The summed E-state index contributed by atoms with van der Waals surface area (Å²) in [5.41, 5.74) is 16.5. The lowest BCUT2D eigenvalue weighted by Crippen LogP contribution is -2.27. The number of hydrogen-bond donors (Lipinski definition) is 1. The Bertz CT molecular complexity index is 4000. The lowest BCUT2D eigenvalue weighted by molar-refractivity contribution is 0.484. The van der Waals surface area contributed by atoms with Gasteiger partial charge in [-0.1, -0.05) is 207 Å². The molecule has 1 aliphatic heterocycles. The Morgan fingerprint density at radius 1 is 0.486 bits per heavy atom. The molecule has 1 N–H and O–H groups in total. The Labute approximate surface area is 413 Å². The number of benzene rings is 10. The molecular weight excluding hydrogens is 865 g/mol. The molecule has 0 radical (unpaired) electrons. The van der Waals surface area contributed by atoms with E-state index in [4.69, 9.17) is 0 Å². The Kier molecular flexibility index (Phi) is 10.5. The molecule has 70 heavy (non-hydrogen) atoms. The maximum absolute atomic E-state index is 4.22. The number of hydrogen-bond acceptors (Lipinski definition) is 2. The predicted molar refractivity (Wildman–Crippen MR) is 302 cm³/mol. The first-order valence-corrected chi connectivity index (χ1v) is 25.6. The Morgan fingerprint density at radius 2 is 1.04 bits per heavy atom. The largest absolute Gasteiger partial charge is 0.377 e. The maximum Gasteiger partial charge on any atom is 0.0715 e. The molecule has 2 atom stereocenters. The molecular formula is C67H52N2S. The van der Waals surface area contributed by atoms with Gasteiger partial charge in [-0.3, -0.25) is 0 Å².